The Morgan fingerprint density at radius 3 is 2.11 bits per heavy atom. The first-order valence-electron chi connectivity index (χ1n) is 2.92. The minimum Gasteiger partial charge on any atom is -0.861 e. The molecule has 2 atom stereocenters. The molecule has 3 nitrogen and oxygen atoms in total. The Morgan fingerprint density at radius 1 is 1.44 bits per heavy atom. The zero-order valence-corrected chi connectivity index (χ0v) is 5.42. The molecule has 0 saturated heterocycles. The van der Waals surface area contributed by atoms with Crippen molar-refractivity contribution in [2.75, 3.05) is 0 Å². The lowest BCUT2D eigenvalue weighted by Crippen LogP contribution is -2.24. The smallest absolute Gasteiger partial charge is 0.248 e. The fraction of sp³-hybridized carbons (Fsp3) is 0.667. The largest absolute Gasteiger partial charge is 0.861 e. The van der Waals surface area contributed by atoms with Crippen molar-refractivity contribution in [1.82, 2.24) is 0 Å². The topological polar surface area (TPSA) is 52.5 Å². The Kier molecular flexibility index (Phi) is 1.27. The normalized spacial score (nSPS) is 34.9. The van der Waals surface area contributed by atoms with Crippen LogP contribution < -0.4 is 5.11 Å². The average Bonchev–Trinajstić information content (AvgIpc) is 1.98. The summed E-state index contributed by atoms with van der Waals surface area (Å²) in [6, 6.07) is 0. The number of hydrogen-bond acceptors (Lipinski definition) is 2. The Bertz CT molecular complexity index is 174. The third-order valence-electron chi connectivity index (χ3n) is 1.75. The fourth-order valence-corrected chi connectivity index (χ4v) is 0.740. The van der Waals surface area contributed by atoms with Crippen LogP contribution in [0.5, 0.6) is 0 Å². The number of amides is 1. The van der Waals surface area contributed by atoms with Gasteiger partial charge in [-0.25, -0.2) is 4.99 Å². The molecule has 0 aromatic heterocycles. The molecule has 0 bridgehead atoms. The van der Waals surface area contributed by atoms with Crippen LogP contribution in [0.15, 0.2) is 4.99 Å². The predicted molar refractivity (Wildman–Crippen MR) is 30.8 cm³/mol. The summed E-state index contributed by atoms with van der Waals surface area (Å²) in [5, 5.41) is 10.6. The van der Waals surface area contributed by atoms with Gasteiger partial charge in [-0.3, -0.25) is 4.79 Å². The van der Waals surface area contributed by atoms with Crippen LogP contribution in [-0.2, 0) is 4.79 Å². The van der Waals surface area contributed by atoms with Crippen molar-refractivity contribution < 1.29 is 9.90 Å². The van der Waals surface area contributed by atoms with Crippen molar-refractivity contribution >= 4 is 11.8 Å². The van der Waals surface area contributed by atoms with E-state index >= 15 is 0 Å². The van der Waals surface area contributed by atoms with E-state index in [0.29, 0.717) is 0 Å². The number of aliphatic imine (C=N–C) groups is 1. The molecular formula is C6H8NO2-. The molecule has 2 unspecified atom stereocenters. The summed E-state index contributed by atoms with van der Waals surface area (Å²) in [6.07, 6.45) is 0. The second-order valence-corrected chi connectivity index (χ2v) is 2.37. The Hall–Kier alpha value is -0.860. The first-order valence-corrected chi connectivity index (χ1v) is 2.92. The SMILES string of the molecule is CC1C(=O)N=C([O-])C1C. The van der Waals surface area contributed by atoms with E-state index in [2.05, 4.69) is 4.99 Å². The molecule has 0 radical (unpaired) electrons. The van der Waals surface area contributed by atoms with Gasteiger partial charge in [0.15, 0.2) is 0 Å². The van der Waals surface area contributed by atoms with E-state index in [1.54, 1.807) is 13.8 Å². The van der Waals surface area contributed by atoms with Crippen LogP contribution in [-0.4, -0.2) is 11.8 Å². The van der Waals surface area contributed by atoms with Crippen LogP contribution >= 0.6 is 0 Å². The van der Waals surface area contributed by atoms with Gasteiger partial charge in [0.1, 0.15) is 0 Å². The van der Waals surface area contributed by atoms with Gasteiger partial charge >= 0.3 is 0 Å². The second kappa shape index (κ2) is 1.83. The maximum absolute atomic E-state index is 10.6. The van der Waals surface area contributed by atoms with Gasteiger partial charge in [-0.15, -0.1) is 0 Å². The lowest BCUT2D eigenvalue weighted by Gasteiger charge is -2.12. The molecular weight excluding hydrogens is 118 g/mol. The van der Waals surface area contributed by atoms with E-state index in [4.69, 9.17) is 0 Å². The third kappa shape index (κ3) is 0.823. The number of carbonyl (C=O) groups is 1. The highest BCUT2D eigenvalue weighted by Crippen LogP contribution is 2.18. The molecule has 0 fully saturated rings. The molecule has 0 spiro atoms. The molecule has 1 aliphatic rings. The lowest BCUT2D eigenvalue weighted by molar-refractivity contribution is -0.222. The maximum Gasteiger partial charge on any atom is 0.248 e. The molecule has 0 aromatic carbocycles. The van der Waals surface area contributed by atoms with Crippen LogP contribution in [0.4, 0.5) is 0 Å². The fourth-order valence-electron chi connectivity index (χ4n) is 0.740. The van der Waals surface area contributed by atoms with Gasteiger partial charge in [-0.2, -0.15) is 0 Å². The first kappa shape index (κ1) is 6.26. The van der Waals surface area contributed by atoms with Crippen LogP contribution in [0.3, 0.4) is 0 Å². The molecule has 50 valence electrons. The van der Waals surface area contributed by atoms with Gasteiger partial charge in [-0.1, -0.05) is 13.8 Å². The van der Waals surface area contributed by atoms with E-state index in [0.717, 1.165) is 0 Å². The summed E-state index contributed by atoms with van der Waals surface area (Å²) < 4.78 is 0. The number of nitrogens with zero attached hydrogens (tertiary/aromatic N) is 1. The van der Waals surface area contributed by atoms with E-state index < -0.39 is 0 Å². The molecule has 1 amide bonds. The monoisotopic (exact) mass is 126 g/mol. The molecule has 0 N–H and O–H groups in total. The van der Waals surface area contributed by atoms with Gasteiger partial charge in [0.25, 0.3) is 0 Å². The predicted octanol–water partition coefficient (Wildman–Crippen LogP) is -0.442. The minimum absolute atomic E-state index is 0.197. The van der Waals surface area contributed by atoms with Crippen LogP contribution in [0.2, 0.25) is 0 Å². The molecule has 0 aromatic rings. The summed E-state index contributed by atoms with van der Waals surface area (Å²) >= 11 is 0. The Labute approximate surface area is 53.4 Å². The quantitative estimate of drug-likeness (QED) is 0.441. The van der Waals surface area contributed by atoms with Crippen LogP contribution in [0.1, 0.15) is 13.8 Å². The molecule has 3 heteroatoms. The van der Waals surface area contributed by atoms with E-state index in [-0.39, 0.29) is 23.6 Å². The summed E-state index contributed by atoms with van der Waals surface area (Å²) in [6.45, 7) is 3.45. The van der Waals surface area contributed by atoms with Gasteiger partial charge in [0.2, 0.25) is 5.91 Å². The Morgan fingerprint density at radius 2 is 2.00 bits per heavy atom. The number of rotatable bonds is 0. The van der Waals surface area contributed by atoms with E-state index in [9.17, 15) is 9.90 Å². The summed E-state index contributed by atoms with van der Waals surface area (Å²) in [4.78, 5) is 13.9. The highest BCUT2D eigenvalue weighted by molar-refractivity contribution is 5.99. The van der Waals surface area contributed by atoms with Crippen molar-refractivity contribution in [2.24, 2.45) is 16.8 Å². The lowest BCUT2D eigenvalue weighted by atomic mass is 9.99. The highest BCUT2D eigenvalue weighted by atomic mass is 16.3. The van der Waals surface area contributed by atoms with Gasteiger partial charge in [0.05, 0.1) is 0 Å². The van der Waals surface area contributed by atoms with Crippen LogP contribution in [0, 0.1) is 11.8 Å². The van der Waals surface area contributed by atoms with Crippen molar-refractivity contribution in [3.8, 4) is 0 Å². The molecule has 1 aliphatic heterocycles. The summed E-state index contributed by atoms with van der Waals surface area (Å²) in [5.74, 6) is -0.935. The molecule has 9 heavy (non-hydrogen) atoms. The van der Waals surface area contributed by atoms with Gasteiger partial charge < -0.3 is 5.11 Å². The van der Waals surface area contributed by atoms with Crippen molar-refractivity contribution in [2.45, 2.75) is 13.8 Å². The van der Waals surface area contributed by atoms with E-state index in [1.165, 1.54) is 0 Å². The van der Waals surface area contributed by atoms with Crippen molar-refractivity contribution in [3.63, 3.8) is 0 Å². The highest BCUT2D eigenvalue weighted by Gasteiger charge is 2.25. The summed E-state index contributed by atoms with van der Waals surface area (Å²) in [5.41, 5.74) is 0. The number of carbonyl (C=O) groups excluding carboxylic acids is 1. The number of hydrogen-bond donors (Lipinski definition) is 0. The first-order chi connectivity index (χ1) is 4.13. The van der Waals surface area contributed by atoms with Crippen LogP contribution in [0.25, 0.3) is 0 Å². The third-order valence-corrected chi connectivity index (χ3v) is 1.75. The zero-order chi connectivity index (χ0) is 7.02. The summed E-state index contributed by atoms with van der Waals surface area (Å²) in [7, 11) is 0. The van der Waals surface area contributed by atoms with Gasteiger partial charge in [0, 0.05) is 5.92 Å². The molecule has 0 aliphatic carbocycles. The standard InChI is InChI=1S/C6H9NO2/c1-3-4(2)6(9)7-5(3)8/h3-4H,1-2H3,(H,7,8,9)/p-1. The van der Waals surface area contributed by atoms with Crippen molar-refractivity contribution in [1.29, 1.82) is 0 Å². The van der Waals surface area contributed by atoms with Gasteiger partial charge in [-0.05, 0) is 11.8 Å². The second-order valence-electron chi connectivity index (χ2n) is 2.37. The van der Waals surface area contributed by atoms with E-state index in [1.807, 2.05) is 0 Å². The molecule has 0 saturated carbocycles. The Balaban J connectivity index is 2.82. The molecule has 1 heterocycles. The maximum atomic E-state index is 10.6. The van der Waals surface area contributed by atoms with Crippen molar-refractivity contribution in [3.05, 3.63) is 0 Å². The zero-order valence-electron chi connectivity index (χ0n) is 5.42. The minimum atomic E-state index is -0.271. The average molecular weight is 126 g/mol. The molecule has 1 rings (SSSR count).